The Morgan fingerprint density at radius 2 is 2.11 bits per heavy atom. The van der Waals surface area contributed by atoms with Crippen LogP contribution in [0.2, 0.25) is 0 Å². The van der Waals surface area contributed by atoms with Gasteiger partial charge in [-0.3, -0.25) is 4.79 Å². The average molecular weight is 261 g/mol. The first-order valence-electron chi connectivity index (χ1n) is 6.90. The Morgan fingerprint density at radius 1 is 1.42 bits per heavy atom. The molecule has 0 amide bonds. The van der Waals surface area contributed by atoms with Crippen LogP contribution in [0.4, 0.5) is 0 Å². The number of carbonyl (C=O) groups is 1. The smallest absolute Gasteiger partial charge is 0.309 e. The van der Waals surface area contributed by atoms with E-state index in [2.05, 4.69) is 30.1 Å². The van der Waals surface area contributed by atoms with Gasteiger partial charge in [-0.05, 0) is 57.3 Å². The van der Waals surface area contributed by atoms with Crippen molar-refractivity contribution in [3.05, 3.63) is 35.4 Å². The molecular weight excluding hydrogens is 238 g/mol. The van der Waals surface area contributed by atoms with Crippen LogP contribution in [0, 0.1) is 5.41 Å². The van der Waals surface area contributed by atoms with Crippen molar-refractivity contribution < 1.29 is 9.90 Å². The summed E-state index contributed by atoms with van der Waals surface area (Å²) >= 11 is 0. The van der Waals surface area contributed by atoms with E-state index in [-0.39, 0.29) is 0 Å². The Labute approximate surface area is 115 Å². The van der Waals surface area contributed by atoms with E-state index in [1.165, 1.54) is 17.5 Å². The molecule has 1 heterocycles. The second-order valence-electron chi connectivity index (χ2n) is 6.31. The van der Waals surface area contributed by atoms with E-state index in [1.54, 1.807) is 13.8 Å². The number of likely N-dealkylation sites (tertiary alicyclic amines) is 1. The lowest BCUT2D eigenvalue weighted by molar-refractivity contribution is -0.146. The summed E-state index contributed by atoms with van der Waals surface area (Å²) in [5.41, 5.74) is 1.82. The topological polar surface area (TPSA) is 40.5 Å². The van der Waals surface area contributed by atoms with Crippen LogP contribution in [-0.4, -0.2) is 36.1 Å². The maximum absolute atomic E-state index is 11.3. The Hall–Kier alpha value is -1.35. The van der Waals surface area contributed by atoms with Crippen molar-refractivity contribution in [3.63, 3.8) is 0 Å². The Kier molecular flexibility index (Phi) is 3.95. The molecule has 1 N–H and O–H groups in total. The van der Waals surface area contributed by atoms with Crippen LogP contribution in [-0.2, 0) is 11.2 Å². The van der Waals surface area contributed by atoms with Gasteiger partial charge in [0.15, 0.2) is 0 Å². The number of nitrogens with zero attached hydrogens (tertiary/aromatic N) is 1. The third-order valence-corrected chi connectivity index (χ3v) is 4.10. The molecule has 1 aromatic rings. The zero-order valence-corrected chi connectivity index (χ0v) is 12.0. The van der Waals surface area contributed by atoms with Gasteiger partial charge in [0.25, 0.3) is 0 Å². The summed E-state index contributed by atoms with van der Waals surface area (Å²) in [5, 5.41) is 9.29. The minimum absolute atomic E-state index is 0.547. The number of carboxylic acids is 1. The molecule has 1 aromatic carbocycles. The summed E-state index contributed by atoms with van der Waals surface area (Å²) in [7, 11) is 2.14. The van der Waals surface area contributed by atoms with Crippen molar-refractivity contribution in [2.45, 2.75) is 32.6 Å². The number of hydrogen-bond acceptors (Lipinski definition) is 2. The highest BCUT2D eigenvalue weighted by atomic mass is 16.4. The van der Waals surface area contributed by atoms with Crippen LogP contribution in [0.5, 0.6) is 0 Å². The van der Waals surface area contributed by atoms with Gasteiger partial charge >= 0.3 is 5.97 Å². The molecule has 0 radical (unpaired) electrons. The summed E-state index contributed by atoms with van der Waals surface area (Å²) in [6, 6.07) is 8.32. The lowest BCUT2D eigenvalue weighted by Gasteiger charge is -2.23. The van der Waals surface area contributed by atoms with Crippen LogP contribution in [0.25, 0.3) is 0 Å². The lowest BCUT2D eigenvalue weighted by Crippen LogP contribution is -2.27. The summed E-state index contributed by atoms with van der Waals surface area (Å²) in [6.45, 7) is 5.80. The molecule has 1 saturated heterocycles. The molecule has 1 unspecified atom stereocenters. The normalized spacial score (nSPS) is 20.7. The first kappa shape index (κ1) is 14.1. The van der Waals surface area contributed by atoms with Gasteiger partial charge in [0, 0.05) is 6.54 Å². The maximum Gasteiger partial charge on any atom is 0.309 e. The van der Waals surface area contributed by atoms with E-state index in [9.17, 15) is 9.90 Å². The van der Waals surface area contributed by atoms with Crippen molar-refractivity contribution in [2.75, 3.05) is 20.1 Å². The molecule has 0 saturated carbocycles. The fourth-order valence-electron chi connectivity index (χ4n) is 2.83. The van der Waals surface area contributed by atoms with Gasteiger partial charge in [-0.15, -0.1) is 0 Å². The molecule has 1 aliphatic rings. The van der Waals surface area contributed by atoms with E-state index in [1.807, 2.05) is 6.07 Å². The maximum atomic E-state index is 11.3. The number of likely N-dealkylation sites (N-methyl/N-ethyl adjacent to an activating group) is 1. The third kappa shape index (κ3) is 3.16. The van der Waals surface area contributed by atoms with E-state index in [0.29, 0.717) is 12.3 Å². The zero-order chi connectivity index (χ0) is 14.0. The number of aliphatic carboxylic acids is 1. The number of carboxylic acid groups (broad SMARTS) is 1. The molecule has 3 nitrogen and oxygen atoms in total. The molecule has 104 valence electrons. The molecule has 1 aliphatic heterocycles. The van der Waals surface area contributed by atoms with Gasteiger partial charge in [0.05, 0.1) is 5.41 Å². The van der Waals surface area contributed by atoms with Crippen LogP contribution in [0.3, 0.4) is 0 Å². The molecule has 1 atom stereocenters. The fourth-order valence-corrected chi connectivity index (χ4v) is 2.83. The van der Waals surface area contributed by atoms with Crippen molar-refractivity contribution in [3.8, 4) is 0 Å². The summed E-state index contributed by atoms with van der Waals surface area (Å²) in [5.74, 6) is -0.184. The quantitative estimate of drug-likeness (QED) is 0.906. The van der Waals surface area contributed by atoms with E-state index < -0.39 is 11.4 Å². The molecule has 3 heteroatoms. The van der Waals surface area contributed by atoms with Crippen LogP contribution >= 0.6 is 0 Å². The predicted octanol–water partition coefficient (Wildman–Crippen LogP) is 2.76. The summed E-state index contributed by atoms with van der Waals surface area (Å²) in [4.78, 5) is 13.6. The summed E-state index contributed by atoms with van der Waals surface area (Å²) < 4.78 is 0. The number of rotatable bonds is 4. The van der Waals surface area contributed by atoms with Gasteiger partial charge < -0.3 is 10.0 Å². The second-order valence-corrected chi connectivity index (χ2v) is 6.31. The molecule has 0 aliphatic carbocycles. The Bertz CT molecular complexity index is 468. The van der Waals surface area contributed by atoms with Gasteiger partial charge in [-0.2, -0.15) is 0 Å². The molecular formula is C16H23NO2. The molecule has 19 heavy (non-hydrogen) atoms. The molecule has 2 rings (SSSR count). The van der Waals surface area contributed by atoms with E-state index in [0.717, 1.165) is 13.1 Å². The van der Waals surface area contributed by atoms with E-state index >= 15 is 0 Å². The minimum atomic E-state index is -0.731. The van der Waals surface area contributed by atoms with Crippen molar-refractivity contribution >= 4 is 5.97 Å². The second kappa shape index (κ2) is 5.33. The monoisotopic (exact) mass is 261 g/mol. The Balaban J connectivity index is 2.24. The van der Waals surface area contributed by atoms with Crippen molar-refractivity contribution in [1.82, 2.24) is 4.90 Å². The number of hydrogen-bond donors (Lipinski definition) is 1. The van der Waals surface area contributed by atoms with Crippen molar-refractivity contribution in [1.29, 1.82) is 0 Å². The van der Waals surface area contributed by atoms with Gasteiger partial charge in [-0.25, -0.2) is 0 Å². The zero-order valence-electron chi connectivity index (χ0n) is 12.0. The highest BCUT2D eigenvalue weighted by Gasteiger charge is 2.30. The van der Waals surface area contributed by atoms with Crippen LogP contribution in [0.1, 0.15) is 37.3 Å². The Morgan fingerprint density at radius 3 is 2.68 bits per heavy atom. The highest BCUT2D eigenvalue weighted by Crippen LogP contribution is 2.32. The lowest BCUT2D eigenvalue weighted by atomic mass is 9.82. The highest BCUT2D eigenvalue weighted by molar-refractivity contribution is 5.74. The van der Waals surface area contributed by atoms with Gasteiger partial charge in [-0.1, -0.05) is 24.3 Å². The molecule has 0 aromatic heterocycles. The standard InChI is InChI=1S/C16H23NO2/c1-16(2,15(18)19)10-12-6-4-5-7-14(12)13-8-9-17(3)11-13/h4-7,13H,8-11H2,1-3H3,(H,18,19). The largest absolute Gasteiger partial charge is 0.481 e. The van der Waals surface area contributed by atoms with Crippen LogP contribution < -0.4 is 0 Å². The first-order valence-corrected chi connectivity index (χ1v) is 6.90. The average Bonchev–Trinajstić information content (AvgIpc) is 2.76. The summed E-state index contributed by atoms with van der Waals surface area (Å²) in [6.07, 6.45) is 1.76. The molecule has 0 spiro atoms. The predicted molar refractivity (Wildman–Crippen MR) is 76.4 cm³/mol. The fraction of sp³-hybridized carbons (Fsp3) is 0.562. The molecule has 0 bridgehead atoms. The minimum Gasteiger partial charge on any atom is -0.481 e. The van der Waals surface area contributed by atoms with Gasteiger partial charge in [0.1, 0.15) is 0 Å². The first-order chi connectivity index (χ1) is 8.90. The van der Waals surface area contributed by atoms with Gasteiger partial charge in [0.2, 0.25) is 0 Å². The van der Waals surface area contributed by atoms with Crippen molar-refractivity contribution in [2.24, 2.45) is 5.41 Å². The van der Waals surface area contributed by atoms with Crippen LogP contribution in [0.15, 0.2) is 24.3 Å². The number of benzene rings is 1. The SMILES string of the molecule is CN1CCC(c2ccccc2CC(C)(C)C(=O)O)C1. The third-order valence-electron chi connectivity index (χ3n) is 4.10. The van der Waals surface area contributed by atoms with E-state index in [4.69, 9.17) is 0 Å². The molecule has 1 fully saturated rings.